The van der Waals surface area contributed by atoms with Gasteiger partial charge >= 0.3 is 0 Å². The molecule has 8 nitrogen and oxygen atoms in total. The third-order valence-corrected chi connectivity index (χ3v) is 6.89. The number of fused-ring (bicyclic) bond motifs is 1. The van der Waals surface area contributed by atoms with E-state index in [1.165, 1.54) is 0 Å². The van der Waals surface area contributed by atoms with E-state index in [-0.39, 0.29) is 24.7 Å². The summed E-state index contributed by atoms with van der Waals surface area (Å²) in [4.78, 5) is 29.3. The number of morpholine rings is 1. The number of rotatable bonds is 6. The number of nitrogens with one attached hydrogen (secondary N) is 1. The first kappa shape index (κ1) is 27.0. The number of carbonyl (C=O) groups is 1. The highest BCUT2D eigenvalue weighted by Gasteiger charge is 2.23. The smallest absolute Gasteiger partial charge is 0.251 e. The molecule has 202 valence electrons. The summed E-state index contributed by atoms with van der Waals surface area (Å²) in [5, 5.41) is 14.5. The normalized spacial score (nSPS) is 17.8. The number of carbonyl (C=O) groups excluding carboxylic acids is 1. The molecule has 1 saturated heterocycles. The topological polar surface area (TPSA) is 100 Å². The molecule has 5 rings (SSSR count). The van der Waals surface area contributed by atoms with Crippen molar-refractivity contribution in [3.8, 4) is 11.4 Å². The minimum Gasteiger partial charge on any atom is -0.386 e. The van der Waals surface area contributed by atoms with E-state index >= 15 is 0 Å². The Bertz CT molecular complexity index is 1510. The zero-order valence-electron chi connectivity index (χ0n) is 22.5. The number of hydrogen-bond donors (Lipinski definition) is 2. The molecule has 1 aliphatic heterocycles. The molecule has 9 heteroatoms. The Morgan fingerprint density at radius 2 is 1.82 bits per heavy atom. The van der Waals surface area contributed by atoms with Gasteiger partial charge in [0.15, 0.2) is 0 Å². The van der Waals surface area contributed by atoms with Crippen LogP contribution in [-0.2, 0) is 16.9 Å². The van der Waals surface area contributed by atoms with Crippen LogP contribution in [0.4, 0.5) is 5.82 Å². The van der Waals surface area contributed by atoms with E-state index in [1.807, 2.05) is 36.4 Å². The SMILES string of the molecule is C[C@@H]1CN(c2cccc(-c3ccc4cnc(CNC(=O)c5cc(Cl)cc(C(C)(C)O)c5)cc4n3)n2)C[C@H](C)O1. The molecule has 0 aliphatic carbocycles. The number of pyridine rings is 3. The molecule has 39 heavy (non-hydrogen) atoms. The average Bonchev–Trinajstić information content (AvgIpc) is 2.90. The first-order valence-electron chi connectivity index (χ1n) is 13.0. The van der Waals surface area contributed by atoms with Crippen molar-refractivity contribution in [2.75, 3.05) is 18.0 Å². The van der Waals surface area contributed by atoms with Gasteiger partial charge in [0.25, 0.3) is 5.91 Å². The van der Waals surface area contributed by atoms with Crippen LogP contribution < -0.4 is 10.2 Å². The number of aromatic nitrogens is 3. The van der Waals surface area contributed by atoms with Crippen LogP contribution in [-0.4, -0.2) is 51.3 Å². The molecule has 3 aromatic heterocycles. The zero-order valence-corrected chi connectivity index (χ0v) is 23.2. The summed E-state index contributed by atoms with van der Waals surface area (Å²) >= 11 is 6.19. The molecular weight excluding hydrogens is 514 g/mol. The monoisotopic (exact) mass is 545 g/mol. The fourth-order valence-corrected chi connectivity index (χ4v) is 4.99. The van der Waals surface area contributed by atoms with Crippen molar-refractivity contribution in [3.05, 3.63) is 82.6 Å². The van der Waals surface area contributed by atoms with Crippen LogP contribution in [0.1, 0.15) is 49.3 Å². The Balaban J connectivity index is 1.34. The van der Waals surface area contributed by atoms with Gasteiger partial charge in [-0.05, 0) is 81.8 Å². The summed E-state index contributed by atoms with van der Waals surface area (Å²) in [6, 6.07) is 16.6. The summed E-state index contributed by atoms with van der Waals surface area (Å²) in [6.45, 7) is 9.25. The molecule has 4 heterocycles. The van der Waals surface area contributed by atoms with Crippen molar-refractivity contribution in [1.82, 2.24) is 20.3 Å². The largest absolute Gasteiger partial charge is 0.386 e. The van der Waals surface area contributed by atoms with E-state index in [0.29, 0.717) is 21.8 Å². The van der Waals surface area contributed by atoms with Gasteiger partial charge in [-0.1, -0.05) is 17.7 Å². The molecule has 1 aromatic carbocycles. The van der Waals surface area contributed by atoms with E-state index in [9.17, 15) is 9.90 Å². The van der Waals surface area contributed by atoms with Gasteiger partial charge in [-0.2, -0.15) is 0 Å². The first-order chi connectivity index (χ1) is 18.5. The van der Waals surface area contributed by atoms with Crippen molar-refractivity contribution >= 4 is 34.2 Å². The van der Waals surface area contributed by atoms with E-state index < -0.39 is 5.60 Å². The molecule has 0 spiro atoms. The number of amides is 1. The fourth-order valence-electron chi connectivity index (χ4n) is 4.75. The molecule has 0 saturated carbocycles. The first-order valence-corrected chi connectivity index (χ1v) is 13.4. The predicted molar refractivity (Wildman–Crippen MR) is 153 cm³/mol. The molecule has 0 unspecified atom stereocenters. The van der Waals surface area contributed by atoms with E-state index in [4.69, 9.17) is 26.3 Å². The Morgan fingerprint density at radius 1 is 1.08 bits per heavy atom. The highest BCUT2D eigenvalue weighted by molar-refractivity contribution is 6.31. The third kappa shape index (κ3) is 6.36. The van der Waals surface area contributed by atoms with E-state index in [2.05, 4.69) is 29.0 Å². The molecule has 2 atom stereocenters. The minimum absolute atomic E-state index is 0.145. The van der Waals surface area contributed by atoms with Crippen LogP contribution in [0.15, 0.2) is 60.8 Å². The molecular formula is C30H32ClN5O3. The van der Waals surface area contributed by atoms with E-state index in [0.717, 1.165) is 41.2 Å². The van der Waals surface area contributed by atoms with Gasteiger partial charge in [0.05, 0.1) is 47.0 Å². The van der Waals surface area contributed by atoms with Crippen molar-refractivity contribution in [2.45, 2.75) is 52.0 Å². The second-order valence-electron chi connectivity index (χ2n) is 10.6. The van der Waals surface area contributed by atoms with Gasteiger partial charge in [-0.15, -0.1) is 0 Å². The molecule has 0 radical (unpaired) electrons. The van der Waals surface area contributed by atoms with Crippen molar-refractivity contribution in [2.24, 2.45) is 0 Å². The second kappa shape index (κ2) is 10.9. The standard InChI is InChI=1S/C30H32ClN5O3/c1-18-16-36(17-19(2)39-18)28-7-5-6-25(35-28)26-9-8-20-14-32-24(13-27(20)34-26)15-33-29(37)21-10-22(30(3,4)38)12-23(31)11-21/h5-14,18-19,38H,15-17H2,1-4H3,(H,33,37)/t18-,19+. The highest BCUT2D eigenvalue weighted by Crippen LogP contribution is 2.26. The van der Waals surface area contributed by atoms with Crippen LogP contribution in [0.5, 0.6) is 0 Å². The summed E-state index contributed by atoms with van der Waals surface area (Å²) < 4.78 is 5.87. The third-order valence-electron chi connectivity index (χ3n) is 6.67. The van der Waals surface area contributed by atoms with Crippen LogP contribution in [0.3, 0.4) is 0 Å². The maximum absolute atomic E-state index is 12.8. The summed E-state index contributed by atoms with van der Waals surface area (Å²) in [6.07, 6.45) is 2.04. The molecule has 1 amide bonds. The van der Waals surface area contributed by atoms with Gasteiger partial charge in [0.1, 0.15) is 5.82 Å². The zero-order chi connectivity index (χ0) is 27.7. The lowest BCUT2D eigenvalue weighted by molar-refractivity contribution is -0.00545. The van der Waals surface area contributed by atoms with Crippen LogP contribution in [0.2, 0.25) is 5.02 Å². The Morgan fingerprint density at radius 3 is 2.56 bits per heavy atom. The van der Waals surface area contributed by atoms with Crippen molar-refractivity contribution in [3.63, 3.8) is 0 Å². The maximum Gasteiger partial charge on any atom is 0.251 e. The van der Waals surface area contributed by atoms with Crippen LogP contribution in [0.25, 0.3) is 22.3 Å². The van der Waals surface area contributed by atoms with Gasteiger partial charge in [0.2, 0.25) is 0 Å². The van der Waals surface area contributed by atoms with Gasteiger partial charge in [-0.25, -0.2) is 9.97 Å². The summed E-state index contributed by atoms with van der Waals surface area (Å²) in [5.74, 6) is 0.600. The number of hydrogen-bond acceptors (Lipinski definition) is 7. The lowest BCUT2D eigenvalue weighted by Gasteiger charge is -2.36. The lowest BCUT2D eigenvalue weighted by Crippen LogP contribution is -2.45. The second-order valence-corrected chi connectivity index (χ2v) is 11.0. The van der Waals surface area contributed by atoms with Gasteiger partial charge < -0.3 is 20.1 Å². The molecule has 0 bridgehead atoms. The average molecular weight is 546 g/mol. The number of benzene rings is 1. The van der Waals surface area contributed by atoms with E-state index in [1.54, 1.807) is 38.2 Å². The fraction of sp³-hybridized carbons (Fsp3) is 0.333. The van der Waals surface area contributed by atoms with Crippen molar-refractivity contribution < 1.29 is 14.6 Å². The van der Waals surface area contributed by atoms with Gasteiger partial charge in [0, 0.05) is 35.3 Å². The quantitative estimate of drug-likeness (QED) is 0.347. The van der Waals surface area contributed by atoms with Crippen molar-refractivity contribution in [1.29, 1.82) is 0 Å². The Hall–Kier alpha value is -3.59. The Labute approximate surface area is 233 Å². The summed E-state index contributed by atoms with van der Waals surface area (Å²) in [7, 11) is 0. The number of nitrogens with zero attached hydrogens (tertiary/aromatic N) is 4. The van der Waals surface area contributed by atoms with Gasteiger partial charge in [-0.3, -0.25) is 9.78 Å². The van der Waals surface area contributed by atoms with Crippen LogP contribution >= 0.6 is 11.6 Å². The molecule has 4 aromatic rings. The highest BCUT2D eigenvalue weighted by atomic mass is 35.5. The molecule has 1 aliphatic rings. The number of anilines is 1. The number of ether oxygens (including phenoxy) is 1. The molecule has 2 N–H and O–H groups in total. The Kier molecular flexibility index (Phi) is 7.53. The predicted octanol–water partition coefficient (Wildman–Crippen LogP) is 5.12. The maximum atomic E-state index is 12.8. The summed E-state index contributed by atoms with van der Waals surface area (Å²) in [5.41, 5.74) is 2.81. The molecule has 1 fully saturated rings. The number of halogens is 1. The minimum atomic E-state index is -1.11. The lowest BCUT2D eigenvalue weighted by atomic mass is 9.96. The van der Waals surface area contributed by atoms with Crippen LogP contribution in [0, 0.1) is 0 Å². The number of aliphatic hydroxyl groups is 1.